The molecular formula is C6H10FNO. The van der Waals surface area contributed by atoms with Crippen molar-refractivity contribution in [2.24, 2.45) is 0 Å². The zero-order chi connectivity index (χ0) is 7.28. The number of nitrogens with zero attached hydrogens (tertiary/aromatic N) is 1. The third-order valence-corrected chi connectivity index (χ3v) is 0.688. The molecule has 1 aromatic rings. The highest BCUT2D eigenvalue weighted by Crippen LogP contribution is 1.98. The van der Waals surface area contributed by atoms with Crippen LogP contribution in [-0.4, -0.2) is 5.16 Å². The third kappa shape index (κ3) is 2.26. The van der Waals surface area contributed by atoms with E-state index in [0.29, 0.717) is 5.56 Å². The van der Waals surface area contributed by atoms with Crippen molar-refractivity contribution < 1.29 is 8.91 Å². The van der Waals surface area contributed by atoms with Crippen molar-refractivity contribution in [3.05, 3.63) is 17.8 Å². The van der Waals surface area contributed by atoms with Crippen molar-refractivity contribution in [1.29, 1.82) is 0 Å². The molecule has 2 nitrogen and oxygen atoms in total. The smallest absolute Gasteiger partial charge is 0.256 e. The van der Waals surface area contributed by atoms with Gasteiger partial charge in [-0.2, -0.15) is 4.39 Å². The van der Waals surface area contributed by atoms with Gasteiger partial charge in [-0.15, -0.1) is 0 Å². The summed E-state index contributed by atoms with van der Waals surface area (Å²) in [6.07, 6.45) is 1.26. The van der Waals surface area contributed by atoms with Gasteiger partial charge in [-0.3, -0.25) is 0 Å². The molecule has 0 radical (unpaired) electrons. The van der Waals surface area contributed by atoms with Gasteiger partial charge < -0.3 is 4.52 Å². The van der Waals surface area contributed by atoms with Crippen LogP contribution in [0.1, 0.15) is 19.4 Å². The summed E-state index contributed by atoms with van der Waals surface area (Å²) in [4.78, 5) is 0. The Hall–Kier alpha value is -0.860. The highest BCUT2D eigenvalue weighted by atomic mass is 19.1. The molecule has 0 bridgehead atoms. The lowest BCUT2D eigenvalue weighted by molar-refractivity contribution is 0.375. The quantitative estimate of drug-likeness (QED) is 0.539. The highest BCUT2D eigenvalue weighted by Gasteiger charge is 1.96. The van der Waals surface area contributed by atoms with Crippen molar-refractivity contribution in [3.63, 3.8) is 0 Å². The van der Waals surface area contributed by atoms with Crippen molar-refractivity contribution in [2.75, 3.05) is 0 Å². The lowest BCUT2D eigenvalue weighted by Crippen LogP contribution is -1.70. The molecule has 0 spiro atoms. The second-order valence-corrected chi connectivity index (χ2v) is 1.29. The fourth-order valence-electron chi connectivity index (χ4n) is 0.272. The maximum atomic E-state index is 11.9. The fraction of sp³-hybridized carbons (Fsp3) is 0.500. The van der Waals surface area contributed by atoms with Crippen LogP contribution in [0, 0.1) is 12.9 Å². The van der Waals surface area contributed by atoms with Crippen LogP contribution >= 0.6 is 0 Å². The molecule has 0 saturated carbocycles. The fourth-order valence-corrected chi connectivity index (χ4v) is 0.272. The standard InChI is InChI=1S/C4H4FNO.C2H6/c1-3-2-7-6-4(3)5;1-2/h2H,1H3;1-2H3. The van der Waals surface area contributed by atoms with Gasteiger partial charge in [0.2, 0.25) is 0 Å². The van der Waals surface area contributed by atoms with Gasteiger partial charge in [-0.25, -0.2) is 0 Å². The molecule has 0 atom stereocenters. The summed E-state index contributed by atoms with van der Waals surface area (Å²) < 4.78 is 16.1. The van der Waals surface area contributed by atoms with Crippen LogP contribution in [0.15, 0.2) is 10.8 Å². The molecule has 1 rings (SSSR count). The molecule has 0 unspecified atom stereocenters. The molecule has 0 aromatic carbocycles. The van der Waals surface area contributed by atoms with Crippen molar-refractivity contribution in [1.82, 2.24) is 5.16 Å². The number of hydrogen-bond acceptors (Lipinski definition) is 2. The van der Waals surface area contributed by atoms with Crippen molar-refractivity contribution in [2.45, 2.75) is 20.8 Å². The highest BCUT2D eigenvalue weighted by molar-refractivity contribution is 4.97. The Morgan fingerprint density at radius 2 is 2.11 bits per heavy atom. The second kappa shape index (κ2) is 4.06. The maximum Gasteiger partial charge on any atom is 0.256 e. The summed E-state index contributed by atoms with van der Waals surface area (Å²) in [5, 5.41) is 2.97. The summed E-state index contributed by atoms with van der Waals surface area (Å²) in [6, 6.07) is 0. The molecule has 52 valence electrons. The first kappa shape index (κ1) is 8.14. The molecule has 0 amide bonds. The van der Waals surface area contributed by atoms with E-state index in [0.717, 1.165) is 0 Å². The molecule has 1 aromatic heterocycles. The van der Waals surface area contributed by atoms with Gasteiger partial charge in [-0.1, -0.05) is 13.8 Å². The normalized spacial score (nSPS) is 8.00. The van der Waals surface area contributed by atoms with E-state index in [-0.39, 0.29) is 0 Å². The zero-order valence-corrected chi connectivity index (χ0v) is 5.81. The Labute approximate surface area is 53.7 Å². The molecule has 0 fully saturated rings. The largest absolute Gasteiger partial charge is 0.362 e. The SMILES string of the molecule is CC.Cc1conc1F. The van der Waals surface area contributed by atoms with Gasteiger partial charge in [0.15, 0.2) is 0 Å². The van der Waals surface area contributed by atoms with Crippen molar-refractivity contribution >= 4 is 0 Å². The van der Waals surface area contributed by atoms with E-state index in [2.05, 4.69) is 9.68 Å². The van der Waals surface area contributed by atoms with Gasteiger partial charge in [-0.05, 0) is 12.1 Å². The average molecular weight is 131 g/mol. The van der Waals surface area contributed by atoms with Gasteiger partial charge in [0, 0.05) is 5.56 Å². The Morgan fingerprint density at radius 1 is 1.56 bits per heavy atom. The topological polar surface area (TPSA) is 26.0 Å². The lowest BCUT2D eigenvalue weighted by atomic mass is 10.4. The van der Waals surface area contributed by atoms with E-state index in [1.807, 2.05) is 13.8 Å². The number of halogens is 1. The van der Waals surface area contributed by atoms with E-state index in [1.165, 1.54) is 6.26 Å². The summed E-state index contributed by atoms with van der Waals surface area (Å²) in [5.74, 6) is -0.528. The molecule has 3 heteroatoms. The molecule has 9 heavy (non-hydrogen) atoms. The monoisotopic (exact) mass is 131 g/mol. The Balaban J connectivity index is 0.000000291. The van der Waals surface area contributed by atoms with Gasteiger partial charge in [0.05, 0.1) is 0 Å². The number of rotatable bonds is 0. The van der Waals surface area contributed by atoms with E-state index in [1.54, 1.807) is 6.92 Å². The van der Waals surface area contributed by atoms with Crippen LogP contribution in [-0.2, 0) is 0 Å². The zero-order valence-electron chi connectivity index (χ0n) is 5.81. The third-order valence-electron chi connectivity index (χ3n) is 0.688. The van der Waals surface area contributed by atoms with Crippen LogP contribution in [0.25, 0.3) is 0 Å². The van der Waals surface area contributed by atoms with Gasteiger partial charge in [0.1, 0.15) is 6.26 Å². The molecule has 0 aliphatic heterocycles. The van der Waals surface area contributed by atoms with E-state index in [4.69, 9.17) is 0 Å². The Morgan fingerprint density at radius 3 is 2.22 bits per heavy atom. The lowest BCUT2D eigenvalue weighted by Gasteiger charge is -1.69. The first-order valence-electron chi connectivity index (χ1n) is 2.87. The summed E-state index contributed by atoms with van der Waals surface area (Å²) in [7, 11) is 0. The predicted octanol–water partition coefficient (Wildman–Crippen LogP) is 2.15. The average Bonchev–Trinajstić information content (AvgIpc) is 2.23. The molecule has 0 aliphatic carbocycles. The molecule has 0 N–H and O–H groups in total. The summed E-state index contributed by atoms with van der Waals surface area (Å²) in [6.45, 7) is 5.59. The maximum absolute atomic E-state index is 11.9. The number of aryl methyl sites for hydroxylation is 1. The van der Waals surface area contributed by atoms with Gasteiger partial charge >= 0.3 is 0 Å². The summed E-state index contributed by atoms with van der Waals surface area (Å²) >= 11 is 0. The van der Waals surface area contributed by atoms with E-state index >= 15 is 0 Å². The molecule has 0 saturated heterocycles. The van der Waals surface area contributed by atoms with Gasteiger partial charge in [0.25, 0.3) is 5.95 Å². The van der Waals surface area contributed by atoms with Crippen molar-refractivity contribution in [3.8, 4) is 0 Å². The van der Waals surface area contributed by atoms with Crippen LogP contribution < -0.4 is 0 Å². The molecule has 0 aliphatic rings. The first-order valence-corrected chi connectivity index (χ1v) is 2.87. The minimum atomic E-state index is -0.528. The Kier molecular flexibility index (Phi) is 3.67. The predicted molar refractivity (Wildman–Crippen MR) is 32.5 cm³/mol. The van der Waals surface area contributed by atoms with Crippen LogP contribution in [0.3, 0.4) is 0 Å². The van der Waals surface area contributed by atoms with E-state index in [9.17, 15) is 4.39 Å². The number of aromatic nitrogens is 1. The first-order chi connectivity index (χ1) is 4.30. The molecule has 1 heterocycles. The summed E-state index contributed by atoms with van der Waals surface area (Å²) in [5.41, 5.74) is 0.444. The molecular weight excluding hydrogens is 121 g/mol. The van der Waals surface area contributed by atoms with E-state index < -0.39 is 5.95 Å². The Bertz CT molecular complexity index is 145. The minimum absolute atomic E-state index is 0.444. The number of hydrogen-bond donors (Lipinski definition) is 0. The minimum Gasteiger partial charge on any atom is -0.362 e. The van der Waals surface area contributed by atoms with Crippen LogP contribution in [0.4, 0.5) is 4.39 Å². The second-order valence-electron chi connectivity index (χ2n) is 1.29. The van der Waals surface area contributed by atoms with Crippen LogP contribution in [0.2, 0.25) is 0 Å². The van der Waals surface area contributed by atoms with Crippen LogP contribution in [0.5, 0.6) is 0 Å².